The number of hydrogen-bond acceptors (Lipinski definition) is 5. The number of anilines is 1. The third-order valence-electron chi connectivity index (χ3n) is 4.30. The lowest BCUT2D eigenvalue weighted by Crippen LogP contribution is -2.48. The minimum absolute atomic E-state index is 0.116. The van der Waals surface area contributed by atoms with Gasteiger partial charge in [0.2, 0.25) is 10.0 Å². The number of nitrogens with one attached hydrogen (secondary N) is 3. The molecule has 1 aromatic rings. The average Bonchev–Trinajstić information content (AvgIpc) is 3.17. The largest absolute Gasteiger partial charge is 0.363 e. The number of nitrogens with zero attached hydrogens (tertiary/aromatic N) is 2. The third-order valence-corrected chi connectivity index (χ3v) is 6.64. The molecule has 0 aromatic carbocycles. The van der Waals surface area contributed by atoms with Gasteiger partial charge in [0.15, 0.2) is 5.96 Å². The Bertz CT molecular complexity index is 638. The van der Waals surface area contributed by atoms with E-state index in [1.165, 1.54) is 5.00 Å². The predicted molar refractivity (Wildman–Crippen MR) is 111 cm³/mol. The van der Waals surface area contributed by atoms with Gasteiger partial charge in [-0.25, -0.2) is 13.1 Å². The Morgan fingerprint density at radius 2 is 2.12 bits per heavy atom. The molecule has 2 heterocycles. The minimum atomic E-state index is -3.11. The van der Waals surface area contributed by atoms with E-state index in [0.717, 1.165) is 38.4 Å². The second kappa shape index (κ2) is 10.7. The van der Waals surface area contributed by atoms with Gasteiger partial charge in [0, 0.05) is 38.8 Å². The number of hydrogen-bond donors (Lipinski definition) is 3. The molecule has 0 radical (unpaired) electrons. The summed E-state index contributed by atoms with van der Waals surface area (Å²) in [5.41, 5.74) is 0. The highest BCUT2D eigenvalue weighted by Crippen LogP contribution is 2.24. The summed E-state index contributed by atoms with van der Waals surface area (Å²) in [5, 5.41) is 10.3. The van der Waals surface area contributed by atoms with Crippen molar-refractivity contribution in [3.63, 3.8) is 0 Å². The van der Waals surface area contributed by atoms with Crippen molar-refractivity contribution < 1.29 is 8.42 Å². The van der Waals surface area contributed by atoms with Crippen LogP contribution >= 0.6 is 11.3 Å². The highest BCUT2D eigenvalue weighted by atomic mass is 32.2. The molecule has 1 aliphatic rings. The fourth-order valence-electron chi connectivity index (χ4n) is 2.81. The lowest BCUT2D eigenvalue weighted by Gasteiger charge is -2.33. The molecule has 0 bridgehead atoms. The van der Waals surface area contributed by atoms with E-state index in [4.69, 9.17) is 0 Å². The molecule has 3 N–H and O–H groups in total. The summed E-state index contributed by atoms with van der Waals surface area (Å²) < 4.78 is 25.4. The van der Waals surface area contributed by atoms with E-state index in [-0.39, 0.29) is 5.75 Å². The zero-order chi connectivity index (χ0) is 18.8. The molecule has 1 aliphatic heterocycles. The first-order chi connectivity index (χ1) is 12.5. The van der Waals surface area contributed by atoms with Gasteiger partial charge in [0.1, 0.15) is 0 Å². The molecule has 0 spiro atoms. The van der Waals surface area contributed by atoms with Crippen molar-refractivity contribution in [2.45, 2.75) is 39.2 Å². The molecule has 1 aromatic heterocycles. The molecule has 148 valence electrons. The van der Waals surface area contributed by atoms with Gasteiger partial charge in [0.25, 0.3) is 0 Å². The molecule has 2 rings (SSSR count). The van der Waals surface area contributed by atoms with Crippen LogP contribution in [0, 0.1) is 0 Å². The van der Waals surface area contributed by atoms with E-state index in [1.54, 1.807) is 18.3 Å². The van der Waals surface area contributed by atoms with E-state index in [0.29, 0.717) is 25.6 Å². The normalized spacial score (nSPS) is 16.7. The van der Waals surface area contributed by atoms with Crippen LogP contribution in [0.25, 0.3) is 0 Å². The SMILES string of the molecule is CCNC(=NCCCNS(=O)(=O)CC)NC1CCN(c2cccs2)CC1. The van der Waals surface area contributed by atoms with Crippen LogP contribution in [-0.2, 0) is 10.0 Å². The molecule has 0 amide bonds. The number of aliphatic imine (C=N–C) groups is 1. The summed E-state index contributed by atoms with van der Waals surface area (Å²) in [7, 11) is -3.11. The van der Waals surface area contributed by atoms with Gasteiger partial charge in [0.05, 0.1) is 10.8 Å². The standard InChI is InChI=1S/C17H31N5O2S2/c1-3-18-17(19-10-6-11-20-26(23,24)4-2)21-15-8-12-22(13-9-15)16-7-5-14-25-16/h5,7,14-15,20H,3-4,6,8-13H2,1-2H3,(H2,18,19,21). The van der Waals surface area contributed by atoms with Crippen LogP contribution in [0.3, 0.4) is 0 Å². The Labute approximate surface area is 161 Å². The molecule has 9 heteroatoms. The fourth-order valence-corrected chi connectivity index (χ4v) is 4.25. The first-order valence-electron chi connectivity index (χ1n) is 9.34. The molecular weight excluding hydrogens is 370 g/mol. The van der Waals surface area contributed by atoms with Crippen molar-refractivity contribution in [1.82, 2.24) is 15.4 Å². The second-order valence-corrected chi connectivity index (χ2v) is 9.29. The molecule has 0 atom stereocenters. The van der Waals surface area contributed by atoms with E-state index < -0.39 is 10.0 Å². The Morgan fingerprint density at radius 3 is 2.73 bits per heavy atom. The Balaban J connectivity index is 1.73. The first kappa shape index (κ1) is 21.0. The number of piperidine rings is 1. The van der Waals surface area contributed by atoms with Crippen LogP contribution < -0.4 is 20.3 Å². The molecule has 0 unspecified atom stereocenters. The molecule has 26 heavy (non-hydrogen) atoms. The summed E-state index contributed by atoms with van der Waals surface area (Å²) in [4.78, 5) is 7.01. The summed E-state index contributed by atoms with van der Waals surface area (Å²) in [6.07, 6.45) is 2.85. The van der Waals surface area contributed by atoms with Gasteiger partial charge in [-0.2, -0.15) is 0 Å². The smallest absolute Gasteiger partial charge is 0.211 e. The average molecular weight is 402 g/mol. The maximum absolute atomic E-state index is 11.4. The predicted octanol–water partition coefficient (Wildman–Crippen LogP) is 1.60. The second-order valence-electron chi connectivity index (χ2n) is 6.27. The molecular formula is C17H31N5O2S2. The van der Waals surface area contributed by atoms with Gasteiger partial charge < -0.3 is 15.5 Å². The molecule has 1 saturated heterocycles. The van der Waals surface area contributed by atoms with Crippen LogP contribution in [0.5, 0.6) is 0 Å². The molecule has 1 fully saturated rings. The van der Waals surface area contributed by atoms with E-state index >= 15 is 0 Å². The molecule has 0 aliphatic carbocycles. The maximum atomic E-state index is 11.4. The third kappa shape index (κ3) is 7.13. The number of sulfonamides is 1. The topological polar surface area (TPSA) is 85.8 Å². The van der Waals surface area contributed by atoms with Gasteiger partial charge in [-0.1, -0.05) is 0 Å². The highest BCUT2D eigenvalue weighted by molar-refractivity contribution is 7.89. The van der Waals surface area contributed by atoms with Crippen LogP contribution in [-0.4, -0.2) is 58.9 Å². The zero-order valence-electron chi connectivity index (χ0n) is 15.7. The zero-order valence-corrected chi connectivity index (χ0v) is 17.3. The minimum Gasteiger partial charge on any atom is -0.363 e. The lowest BCUT2D eigenvalue weighted by atomic mass is 10.1. The Hall–Kier alpha value is -1.32. The van der Waals surface area contributed by atoms with Crippen molar-refractivity contribution in [2.24, 2.45) is 4.99 Å². The van der Waals surface area contributed by atoms with E-state index in [9.17, 15) is 8.42 Å². The maximum Gasteiger partial charge on any atom is 0.211 e. The Morgan fingerprint density at radius 1 is 1.35 bits per heavy atom. The van der Waals surface area contributed by atoms with Crippen molar-refractivity contribution >= 4 is 32.3 Å². The van der Waals surface area contributed by atoms with Crippen molar-refractivity contribution in [3.8, 4) is 0 Å². The van der Waals surface area contributed by atoms with Crippen LogP contribution in [0.1, 0.15) is 33.1 Å². The molecule has 7 nitrogen and oxygen atoms in total. The van der Waals surface area contributed by atoms with Gasteiger partial charge in [-0.3, -0.25) is 4.99 Å². The summed E-state index contributed by atoms with van der Waals surface area (Å²) in [5.74, 6) is 0.936. The monoisotopic (exact) mass is 401 g/mol. The van der Waals surface area contributed by atoms with E-state index in [1.807, 2.05) is 6.92 Å². The summed E-state index contributed by atoms with van der Waals surface area (Å²) in [6, 6.07) is 4.69. The Kier molecular flexibility index (Phi) is 8.67. The first-order valence-corrected chi connectivity index (χ1v) is 11.9. The van der Waals surface area contributed by atoms with E-state index in [2.05, 4.69) is 42.8 Å². The molecule has 0 saturated carbocycles. The van der Waals surface area contributed by atoms with Gasteiger partial charge >= 0.3 is 0 Å². The van der Waals surface area contributed by atoms with Crippen LogP contribution in [0.2, 0.25) is 0 Å². The van der Waals surface area contributed by atoms with Crippen LogP contribution in [0.15, 0.2) is 22.5 Å². The fraction of sp³-hybridized carbons (Fsp3) is 0.706. The highest BCUT2D eigenvalue weighted by Gasteiger charge is 2.20. The summed E-state index contributed by atoms with van der Waals surface area (Å²) >= 11 is 1.79. The lowest BCUT2D eigenvalue weighted by molar-refractivity contribution is 0.463. The van der Waals surface area contributed by atoms with Gasteiger partial charge in [-0.05, 0) is 50.6 Å². The quantitative estimate of drug-likeness (QED) is 0.332. The number of guanidine groups is 1. The van der Waals surface area contributed by atoms with Crippen molar-refractivity contribution in [1.29, 1.82) is 0 Å². The van der Waals surface area contributed by atoms with Crippen molar-refractivity contribution in [3.05, 3.63) is 17.5 Å². The number of rotatable bonds is 9. The van der Waals surface area contributed by atoms with Gasteiger partial charge in [-0.15, -0.1) is 11.3 Å². The summed E-state index contributed by atoms with van der Waals surface area (Å²) in [6.45, 7) is 7.62. The van der Waals surface area contributed by atoms with Crippen molar-refractivity contribution in [2.75, 3.05) is 43.4 Å². The van der Waals surface area contributed by atoms with Crippen LogP contribution in [0.4, 0.5) is 5.00 Å². The number of thiophene rings is 1.